The Morgan fingerprint density at radius 2 is 2.30 bits per heavy atom. The van der Waals surface area contributed by atoms with Crippen molar-refractivity contribution in [2.75, 3.05) is 13.7 Å². The van der Waals surface area contributed by atoms with E-state index < -0.39 is 0 Å². The first-order valence-corrected chi connectivity index (χ1v) is 8.16. The summed E-state index contributed by atoms with van der Waals surface area (Å²) in [6.45, 7) is 3.61. The molecule has 122 valence electrons. The van der Waals surface area contributed by atoms with E-state index in [1.165, 1.54) is 0 Å². The van der Waals surface area contributed by atoms with E-state index in [0.29, 0.717) is 13.0 Å². The molecular formula is C18H23N3O2. The average molecular weight is 313 g/mol. The number of hydrogen-bond donors (Lipinski definition) is 0. The van der Waals surface area contributed by atoms with Crippen molar-refractivity contribution in [1.82, 2.24) is 14.5 Å². The van der Waals surface area contributed by atoms with Crippen LogP contribution in [-0.4, -0.2) is 34.0 Å². The number of amides is 1. The predicted molar refractivity (Wildman–Crippen MR) is 88.3 cm³/mol. The number of nitrogens with zero attached hydrogens (tertiary/aromatic N) is 3. The van der Waals surface area contributed by atoms with Crippen LogP contribution in [0.3, 0.4) is 0 Å². The molecular weight excluding hydrogens is 290 g/mol. The molecule has 1 saturated heterocycles. The predicted octanol–water partition coefficient (Wildman–Crippen LogP) is 2.82. The van der Waals surface area contributed by atoms with Crippen molar-refractivity contribution >= 4 is 5.91 Å². The van der Waals surface area contributed by atoms with Gasteiger partial charge in [0.1, 0.15) is 11.6 Å². The molecule has 5 heteroatoms. The zero-order chi connectivity index (χ0) is 16.2. The first-order valence-electron chi connectivity index (χ1n) is 8.16. The second-order valence-electron chi connectivity index (χ2n) is 5.81. The van der Waals surface area contributed by atoms with E-state index in [2.05, 4.69) is 22.5 Å². The molecule has 1 amide bonds. The molecule has 1 unspecified atom stereocenters. The number of hydrogen-bond acceptors (Lipinski definition) is 3. The minimum atomic E-state index is 0.186. The normalized spacial score (nSPS) is 17.0. The smallest absolute Gasteiger partial charge is 0.224 e. The number of benzene rings is 1. The molecule has 0 bridgehead atoms. The summed E-state index contributed by atoms with van der Waals surface area (Å²) < 4.78 is 7.35. The Labute approximate surface area is 136 Å². The van der Waals surface area contributed by atoms with E-state index in [1.807, 2.05) is 29.3 Å². The van der Waals surface area contributed by atoms with Gasteiger partial charge >= 0.3 is 0 Å². The van der Waals surface area contributed by atoms with Gasteiger partial charge in [-0.15, -0.1) is 0 Å². The Morgan fingerprint density at radius 3 is 3.00 bits per heavy atom. The summed E-state index contributed by atoms with van der Waals surface area (Å²) in [6, 6.07) is 8.19. The summed E-state index contributed by atoms with van der Waals surface area (Å²) in [5, 5.41) is 0. The maximum Gasteiger partial charge on any atom is 0.224 e. The van der Waals surface area contributed by atoms with E-state index in [4.69, 9.17) is 4.74 Å². The highest BCUT2D eigenvalue weighted by Gasteiger charge is 2.33. The molecule has 3 rings (SSSR count). The van der Waals surface area contributed by atoms with Gasteiger partial charge in [-0.05, 0) is 24.1 Å². The summed E-state index contributed by atoms with van der Waals surface area (Å²) in [6.07, 6.45) is 6.17. The largest absolute Gasteiger partial charge is 0.497 e. The number of aryl methyl sites for hydroxylation is 2. The van der Waals surface area contributed by atoms with Crippen LogP contribution in [0.1, 0.15) is 37.2 Å². The van der Waals surface area contributed by atoms with Crippen molar-refractivity contribution in [2.24, 2.45) is 0 Å². The summed E-state index contributed by atoms with van der Waals surface area (Å²) in [4.78, 5) is 18.8. The number of carbonyl (C=O) groups is 1. The maximum absolute atomic E-state index is 12.5. The summed E-state index contributed by atoms with van der Waals surface area (Å²) in [5.74, 6) is 2.08. The first-order chi connectivity index (χ1) is 11.2. The van der Waals surface area contributed by atoms with E-state index in [9.17, 15) is 4.79 Å². The van der Waals surface area contributed by atoms with Gasteiger partial charge < -0.3 is 14.2 Å². The standard InChI is InChI=1S/C18H23N3O2/c1-3-17-19-9-12-20(17)10-8-18(22)21-11-7-16(21)14-5-4-6-15(13-14)23-2/h4-6,9,12-13,16H,3,7-8,10-11H2,1-2H3. The Balaban J connectivity index is 1.61. The third kappa shape index (κ3) is 3.23. The molecule has 1 atom stereocenters. The molecule has 2 heterocycles. The van der Waals surface area contributed by atoms with Gasteiger partial charge in [-0.1, -0.05) is 19.1 Å². The van der Waals surface area contributed by atoms with E-state index in [-0.39, 0.29) is 11.9 Å². The van der Waals surface area contributed by atoms with Crippen molar-refractivity contribution < 1.29 is 9.53 Å². The highest BCUT2D eigenvalue weighted by atomic mass is 16.5. The minimum absolute atomic E-state index is 0.186. The lowest BCUT2D eigenvalue weighted by Crippen LogP contribution is -2.45. The van der Waals surface area contributed by atoms with E-state index in [0.717, 1.165) is 36.5 Å². The SMILES string of the molecule is CCc1nccn1CCC(=O)N1CCC1c1cccc(OC)c1. The lowest BCUT2D eigenvalue weighted by Gasteiger charge is -2.41. The van der Waals surface area contributed by atoms with Crippen molar-refractivity contribution in [3.05, 3.63) is 48.0 Å². The Bertz CT molecular complexity index is 680. The number of likely N-dealkylation sites (tertiary alicyclic amines) is 1. The van der Waals surface area contributed by atoms with Crippen LogP contribution < -0.4 is 4.74 Å². The maximum atomic E-state index is 12.5. The molecule has 1 aromatic heterocycles. The van der Waals surface area contributed by atoms with Crippen molar-refractivity contribution in [1.29, 1.82) is 0 Å². The fourth-order valence-corrected chi connectivity index (χ4v) is 3.10. The molecule has 0 spiro atoms. The number of aromatic nitrogens is 2. The van der Waals surface area contributed by atoms with Gasteiger partial charge in [0.2, 0.25) is 5.91 Å². The van der Waals surface area contributed by atoms with Crippen LogP contribution in [0.25, 0.3) is 0 Å². The number of methoxy groups -OCH3 is 1. The fourth-order valence-electron chi connectivity index (χ4n) is 3.10. The van der Waals surface area contributed by atoms with Gasteiger partial charge in [0.05, 0.1) is 13.2 Å². The highest BCUT2D eigenvalue weighted by molar-refractivity contribution is 5.77. The third-order valence-corrected chi connectivity index (χ3v) is 4.50. The van der Waals surface area contributed by atoms with Crippen LogP contribution >= 0.6 is 0 Å². The monoisotopic (exact) mass is 313 g/mol. The highest BCUT2D eigenvalue weighted by Crippen LogP contribution is 2.35. The molecule has 2 aromatic rings. The summed E-state index contributed by atoms with van der Waals surface area (Å²) in [7, 11) is 1.67. The first kappa shape index (κ1) is 15.6. The van der Waals surface area contributed by atoms with Gasteiger partial charge in [-0.2, -0.15) is 0 Å². The molecule has 1 aromatic carbocycles. The fraction of sp³-hybridized carbons (Fsp3) is 0.444. The zero-order valence-electron chi connectivity index (χ0n) is 13.7. The lowest BCUT2D eigenvalue weighted by molar-refractivity contribution is -0.139. The Morgan fingerprint density at radius 1 is 1.43 bits per heavy atom. The van der Waals surface area contributed by atoms with Gasteiger partial charge in [0.15, 0.2) is 0 Å². The second kappa shape index (κ2) is 6.86. The number of imidazole rings is 1. The molecule has 0 radical (unpaired) electrons. The summed E-state index contributed by atoms with van der Waals surface area (Å²) in [5.41, 5.74) is 1.15. The molecule has 0 aliphatic carbocycles. The molecule has 5 nitrogen and oxygen atoms in total. The second-order valence-corrected chi connectivity index (χ2v) is 5.81. The molecule has 1 fully saturated rings. The van der Waals surface area contributed by atoms with E-state index in [1.54, 1.807) is 13.3 Å². The Kier molecular flexibility index (Phi) is 4.65. The number of carbonyl (C=O) groups excluding carboxylic acids is 1. The molecule has 1 aliphatic heterocycles. The van der Waals surface area contributed by atoms with Gasteiger partial charge in [0.25, 0.3) is 0 Å². The van der Waals surface area contributed by atoms with Gasteiger partial charge in [0, 0.05) is 38.3 Å². The molecule has 1 aliphatic rings. The number of rotatable bonds is 6. The van der Waals surface area contributed by atoms with Crippen molar-refractivity contribution in [2.45, 2.75) is 38.8 Å². The molecule has 0 saturated carbocycles. The van der Waals surface area contributed by atoms with Crippen LogP contribution in [0.4, 0.5) is 0 Å². The van der Waals surface area contributed by atoms with Crippen LogP contribution in [0.5, 0.6) is 5.75 Å². The summed E-state index contributed by atoms with van der Waals surface area (Å²) >= 11 is 0. The topological polar surface area (TPSA) is 47.4 Å². The van der Waals surface area contributed by atoms with Gasteiger partial charge in [-0.3, -0.25) is 4.79 Å². The quantitative estimate of drug-likeness (QED) is 0.824. The molecule has 0 N–H and O–H groups in total. The average Bonchev–Trinajstić information content (AvgIpc) is 2.99. The minimum Gasteiger partial charge on any atom is -0.497 e. The van der Waals surface area contributed by atoms with Crippen molar-refractivity contribution in [3.8, 4) is 5.75 Å². The van der Waals surface area contributed by atoms with Gasteiger partial charge in [-0.25, -0.2) is 4.98 Å². The number of ether oxygens (including phenoxy) is 1. The van der Waals surface area contributed by atoms with Crippen LogP contribution in [0.2, 0.25) is 0 Å². The van der Waals surface area contributed by atoms with Crippen molar-refractivity contribution in [3.63, 3.8) is 0 Å². The Hall–Kier alpha value is -2.30. The molecule has 23 heavy (non-hydrogen) atoms. The zero-order valence-corrected chi connectivity index (χ0v) is 13.7. The van der Waals surface area contributed by atoms with E-state index >= 15 is 0 Å². The van der Waals surface area contributed by atoms with Crippen LogP contribution in [-0.2, 0) is 17.8 Å². The lowest BCUT2D eigenvalue weighted by atomic mass is 9.94. The van der Waals surface area contributed by atoms with Crippen LogP contribution in [0, 0.1) is 0 Å². The third-order valence-electron chi connectivity index (χ3n) is 4.50. The van der Waals surface area contributed by atoms with Crippen LogP contribution in [0.15, 0.2) is 36.7 Å².